The smallest absolute Gasteiger partial charge is 0.303 e. The van der Waals surface area contributed by atoms with Gasteiger partial charge < -0.3 is 15.1 Å². The van der Waals surface area contributed by atoms with E-state index in [0.29, 0.717) is 12.2 Å². The lowest BCUT2D eigenvalue weighted by molar-refractivity contribution is -0.137. The fourth-order valence-electron chi connectivity index (χ4n) is 2.48. The lowest BCUT2D eigenvalue weighted by Gasteiger charge is -1.90. The summed E-state index contributed by atoms with van der Waals surface area (Å²) in [4.78, 5) is 24.7. The first-order valence-corrected chi connectivity index (χ1v) is 8.77. The van der Waals surface area contributed by atoms with E-state index in [4.69, 9.17) is 5.11 Å². The predicted molar refractivity (Wildman–Crippen MR) is 105 cm³/mol. The number of carboxylic acid groups (broad SMARTS) is 1. The summed E-state index contributed by atoms with van der Waals surface area (Å²) in [7, 11) is 0. The zero-order chi connectivity index (χ0) is 19.1. The van der Waals surface area contributed by atoms with Crippen molar-refractivity contribution in [1.29, 1.82) is 0 Å². The second kappa shape index (κ2) is 8.68. The number of hydrogen-bond donors (Lipinski definition) is 3. The van der Waals surface area contributed by atoms with Crippen molar-refractivity contribution in [3.05, 3.63) is 60.2 Å². The molecular formula is C21H20N4O2. The van der Waals surface area contributed by atoms with Gasteiger partial charge >= 0.3 is 5.97 Å². The molecule has 0 amide bonds. The highest BCUT2D eigenvalue weighted by Gasteiger charge is 1.99. The summed E-state index contributed by atoms with van der Waals surface area (Å²) in [5, 5.41) is 9.10. The zero-order valence-electron chi connectivity index (χ0n) is 15.0. The van der Waals surface area contributed by atoms with E-state index in [1.807, 2.05) is 49.5 Å². The van der Waals surface area contributed by atoms with Gasteiger partial charge in [0.15, 0.2) is 5.82 Å². The summed E-state index contributed by atoms with van der Waals surface area (Å²) >= 11 is 0. The highest BCUT2D eigenvalue weighted by atomic mass is 16.4. The largest absolute Gasteiger partial charge is 0.481 e. The number of nitrogens with one attached hydrogen (secondary N) is 2. The van der Waals surface area contributed by atoms with Crippen molar-refractivity contribution in [1.82, 2.24) is 19.9 Å². The van der Waals surface area contributed by atoms with Gasteiger partial charge in [-0.2, -0.15) is 0 Å². The van der Waals surface area contributed by atoms with Gasteiger partial charge in [-0.15, -0.1) is 0 Å². The molecule has 0 radical (unpaired) electrons. The number of hydrogen-bond acceptors (Lipinski definition) is 3. The van der Waals surface area contributed by atoms with E-state index >= 15 is 0 Å². The molecule has 0 saturated carbocycles. The van der Waals surface area contributed by atoms with Crippen LogP contribution in [0, 0.1) is 11.8 Å². The van der Waals surface area contributed by atoms with E-state index in [0.717, 1.165) is 40.5 Å². The zero-order valence-corrected chi connectivity index (χ0v) is 15.0. The molecule has 0 saturated heterocycles. The quantitative estimate of drug-likeness (QED) is 0.479. The molecule has 0 aliphatic rings. The van der Waals surface area contributed by atoms with E-state index in [-0.39, 0.29) is 0 Å². The lowest BCUT2D eigenvalue weighted by Crippen LogP contribution is -1.91. The van der Waals surface area contributed by atoms with Crippen LogP contribution >= 0.6 is 0 Å². The molecule has 6 nitrogen and oxygen atoms in total. The van der Waals surface area contributed by atoms with Gasteiger partial charge in [0, 0.05) is 29.8 Å². The SMILES string of the molecule is C(#Cc1nc2ccccc2[nH]1)c1cnc2[nH]ccc2c1.CCCCC(=O)O. The molecule has 0 atom stereocenters. The monoisotopic (exact) mass is 360 g/mol. The topological polar surface area (TPSA) is 94.7 Å². The van der Waals surface area contributed by atoms with E-state index in [1.165, 1.54) is 0 Å². The number of para-hydroxylation sites is 2. The van der Waals surface area contributed by atoms with Crippen molar-refractivity contribution in [3.8, 4) is 11.8 Å². The summed E-state index contributed by atoms with van der Waals surface area (Å²) < 4.78 is 0. The van der Waals surface area contributed by atoms with Crippen molar-refractivity contribution in [2.75, 3.05) is 0 Å². The summed E-state index contributed by atoms with van der Waals surface area (Å²) in [5.74, 6) is 6.10. The number of carboxylic acids is 1. The van der Waals surface area contributed by atoms with Crippen LogP contribution in [0.25, 0.3) is 22.1 Å². The third kappa shape index (κ3) is 4.95. The Balaban J connectivity index is 0.000000260. The van der Waals surface area contributed by atoms with Crippen molar-refractivity contribution < 1.29 is 9.90 Å². The minimum atomic E-state index is -0.693. The minimum absolute atomic E-state index is 0.316. The Morgan fingerprint density at radius 3 is 2.81 bits per heavy atom. The van der Waals surface area contributed by atoms with E-state index in [9.17, 15) is 4.79 Å². The summed E-state index contributed by atoms with van der Waals surface area (Å²) in [6, 6.07) is 11.9. The molecule has 1 aromatic carbocycles. The average molecular weight is 360 g/mol. The number of H-pyrrole nitrogens is 2. The first kappa shape index (κ1) is 18.2. The van der Waals surface area contributed by atoms with Gasteiger partial charge in [0.2, 0.25) is 0 Å². The van der Waals surface area contributed by atoms with Crippen LogP contribution in [0.15, 0.2) is 48.8 Å². The molecule has 136 valence electrons. The lowest BCUT2D eigenvalue weighted by atomic mass is 10.2. The molecule has 6 heteroatoms. The number of pyridine rings is 1. The summed E-state index contributed by atoms with van der Waals surface area (Å²) in [6.07, 6.45) is 5.71. The van der Waals surface area contributed by atoms with Crippen LogP contribution in [0.5, 0.6) is 0 Å². The van der Waals surface area contributed by atoms with E-state index in [1.54, 1.807) is 6.20 Å². The molecule has 0 bridgehead atoms. The Bertz CT molecular complexity index is 1080. The van der Waals surface area contributed by atoms with E-state index < -0.39 is 5.97 Å². The van der Waals surface area contributed by atoms with Gasteiger partial charge in [-0.05, 0) is 36.6 Å². The number of aliphatic carboxylic acids is 1. The van der Waals surface area contributed by atoms with Crippen LogP contribution in [0.4, 0.5) is 0 Å². The molecule has 4 aromatic rings. The number of carbonyl (C=O) groups is 1. The molecule has 3 aromatic heterocycles. The standard InChI is InChI=1S/C16H10N4.C5H10O2/c1-2-4-14-13(3-1)19-15(20-14)6-5-11-9-12-7-8-17-16(12)18-10-11;1-2-3-4-5(6)7/h1-4,7-10H,(H,17,18)(H,19,20);2-4H2,1H3,(H,6,7). The van der Waals surface area contributed by atoms with Gasteiger partial charge in [-0.1, -0.05) is 31.4 Å². The maximum Gasteiger partial charge on any atom is 0.303 e. The number of imidazole rings is 1. The normalized spacial score (nSPS) is 10.1. The van der Waals surface area contributed by atoms with Gasteiger partial charge in [-0.3, -0.25) is 4.79 Å². The molecule has 3 N–H and O–H groups in total. The number of fused-ring (bicyclic) bond motifs is 2. The minimum Gasteiger partial charge on any atom is -0.481 e. The van der Waals surface area contributed by atoms with Crippen molar-refractivity contribution >= 4 is 28.0 Å². The molecular weight excluding hydrogens is 340 g/mol. The number of aromatic nitrogens is 4. The highest BCUT2D eigenvalue weighted by Crippen LogP contribution is 2.11. The molecule has 0 aliphatic heterocycles. The number of unbranched alkanes of at least 4 members (excludes halogenated alkanes) is 1. The maximum absolute atomic E-state index is 9.76. The number of nitrogens with zero attached hydrogens (tertiary/aromatic N) is 2. The van der Waals surface area contributed by atoms with Gasteiger partial charge in [0.05, 0.1) is 11.0 Å². The van der Waals surface area contributed by atoms with Crippen LogP contribution in [-0.4, -0.2) is 31.0 Å². The fourth-order valence-corrected chi connectivity index (χ4v) is 2.48. The number of aromatic amines is 2. The Labute approximate surface area is 156 Å². The van der Waals surface area contributed by atoms with E-state index in [2.05, 4.69) is 31.8 Å². The van der Waals surface area contributed by atoms with Crippen LogP contribution in [0.3, 0.4) is 0 Å². The molecule has 3 heterocycles. The third-order valence-electron chi connectivity index (χ3n) is 3.86. The maximum atomic E-state index is 9.76. The van der Waals surface area contributed by atoms with Gasteiger partial charge in [0.1, 0.15) is 5.65 Å². The van der Waals surface area contributed by atoms with Crippen LogP contribution < -0.4 is 0 Å². The second-order valence-electron chi connectivity index (χ2n) is 5.99. The average Bonchev–Trinajstić information content (AvgIpc) is 3.30. The second-order valence-corrected chi connectivity index (χ2v) is 5.99. The molecule has 4 rings (SSSR count). The Morgan fingerprint density at radius 2 is 2.07 bits per heavy atom. The Kier molecular flexibility index (Phi) is 5.85. The summed E-state index contributed by atoms with van der Waals surface area (Å²) in [6.45, 7) is 1.98. The molecule has 0 spiro atoms. The molecule has 0 aliphatic carbocycles. The predicted octanol–water partition coefficient (Wildman–Crippen LogP) is 4.10. The third-order valence-corrected chi connectivity index (χ3v) is 3.86. The number of rotatable bonds is 3. The first-order chi connectivity index (χ1) is 13.2. The summed E-state index contributed by atoms with van der Waals surface area (Å²) in [5.41, 5.74) is 3.67. The molecule has 27 heavy (non-hydrogen) atoms. The van der Waals surface area contributed by atoms with Crippen molar-refractivity contribution in [3.63, 3.8) is 0 Å². The van der Waals surface area contributed by atoms with Crippen molar-refractivity contribution in [2.45, 2.75) is 26.2 Å². The Hall–Kier alpha value is -3.59. The molecule has 0 unspecified atom stereocenters. The first-order valence-electron chi connectivity index (χ1n) is 8.77. The van der Waals surface area contributed by atoms with Crippen LogP contribution in [-0.2, 0) is 4.79 Å². The fraction of sp³-hybridized carbons (Fsp3) is 0.190. The van der Waals surface area contributed by atoms with Crippen molar-refractivity contribution in [2.24, 2.45) is 0 Å². The van der Waals surface area contributed by atoms with Crippen LogP contribution in [0.2, 0.25) is 0 Å². The number of benzene rings is 1. The Morgan fingerprint density at radius 1 is 1.22 bits per heavy atom. The molecule has 0 fully saturated rings. The highest BCUT2D eigenvalue weighted by molar-refractivity contribution is 5.77. The van der Waals surface area contributed by atoms with Gasteiger partial charge in [0.25, 0.3) is 0 Å². The van der Waals surface area contributed by atoms with Gasteiger partial charge in [-0.25, -0.2) is 9.97 Å². The van der Waals surface area contributed by atoms with Crippen LogP contribution in [0.1, 0.15) is 37.6 Å².